The van der Waals surface area contributed by atoms with Gasteiger partial charge in [0.15, 0.2) is 0 Å². The van der Waals surface area contributed by atoms with Crippen LogP contribution in [0.4, 0.5) is 16.2 Å². The van der Waals surface area contributed by atoms with E-state index in [1.165, 1.54) is 0 Å². The molecule has 22 heavy (non-hydrogen) atoms. The van der Waals surface area contributed by atoms with Crippen LogP contribution in [-0.2, 0) is 9.47 Å². The molecular weight excluding hydrogens is 306 g/mol. The van der Waals surface area contributed by atoms with Gasteiger partial charge < -0.3 is 24.6 Å². The lowest BCUT2D eigenvalue weighted by Gasteiger charge is -2.31. The van der Waals surface area contributed by atoms with Gasteiger partial charge in [0.05, 0.1) is 31.2 Å². The summed E-state index contributed by atoms with van der Waals surface area (Å²) >= 11 is 6.07. The molecule has 2 amide bonds. The monoisotopic (exact) mass is 327 g/mol. The van der Waals surface area contributed by atoms with Crippen molar-refractivity contribution in [2.45, 2.75) is 0 Å². The Morgan fingerprint density at radius 3 is 2.86 bits per heavy atom. The van der Waals surface area contributed by atoms with Crippen molar-refractivity contribution in [2.24, 2.45) is 0 Å². The highest BCUT2D eigenvalue weighted by Gasteiger charge is 2.17. The van der Waals surface area contributed by atoms with Gasteiger partial charge in [-0.1, -0.05) is 11.6 Å². The van der Waals surface area contributed by atoms with Crippen LogP contribution in [0.25, 0.3) is 0 Å². The number of halogens is 1. The van der Waals surface area contributed by atoms with E-state index in [2.05, 4.69) is 10.2 Å². The van der Waals surface area contributed by atoms with E-state index in [4.69, 9.17) is 21.1 Å². The van der Waals surface area contributed by atoms with E-state index in [0.29, 0.717) is 37.1 Å². The summed E-state index contributed by atoms with van der Waals surface area (Å²) in [7, 11) is 3.34. The third kappa shape index (κ3) is 4.50. The normalized spacial score (nSPS) is 14.8. The number of likely N-dealkylation sites (N-methyl/N-ethyl adjacent to an activating group) is 1. The van der Waals surface area contributed by atoms with Crippen molar-refractivity contribution in [1.29, 1.82) is 0 Å². The molecule has 6 nitrogen and oxygen atoms in total. The molecule has 1 heterocycles. The van der Waals surface area contributed by atoms with Gasteiger partial charge in [-0.05, 0) is 18.2 Å². The molecule has 0 atom stereocenters. The number of hydrogen-bond donors (Lipinski definition) is 1. The number of methoxy groups -OCH3 is 1. The molecular formula is C15H22ClN3O3. The van der Waals surface area contributed by atoms with Crippen LogP contribution in [0.3, 0.4) is 0 Å². The quantitative estimate of drug-likeness (QED) is 0.901. The van der Waals surface area contributed by atoms with Crippen LogP contribution in [0, 0.1) is 0 Å². The van der Waals surface area contributed by atoms with E-state index in [1.807, 2.05) is 12.1 Å². The van der Waals surface area contributed by atoms with E-state index in [1.54, 1.807) is 25.1 Å². The largest absolute Gasteiger partial charge is 0.383 e. The SMILES string of the molecule is COCCN(C)C(=O)Nc1cc(Cl)ccc1N1CCOCC1. The summed E-state index contributed by atoms with van der Waals surface area (Å²) in [5.74, 6) is 0. The number of carbonyl (C=O) groups is 1. The van der Waals surface area contributed by atoms with E-state index >= 15 is 0 Å². The number of urea groups is 1. The first-order valence-corrected chi connectivity index (χ1v) is 7.63. The number of hydrogen-bond acceptors (Lipinski definition) is 4. The molecule has 0 radical (unpaired) electrons. The number of nitrogens with one attached hydrogen (secondary N) is 1. The molecule has 0 aromatic heterocycles. The third-order valence-electron chi connectivity index (χ3n) is 3.53. The highest BCUT2D eigenvalue weighted by Crippen LogP contribution is 2.30. The minimum atomic E-state index is -0.186. The maximum atomic E-state index is 12.2. The summed E-state index contributed by atoms with van der Waals surface area (Å²) in [4.78, 5) is 16.0. The summed E-state index contributed by atoms with van der Waals surface area (Å²) in [6, 6.07) is 5.34. The molecule has 1 aromatic carbocycles. The first-order chi connectivity index (χ1) is 10.6. The Kier molecular flexibility index (Phi) is 6.30. The Hall–Kier alpha value is -1.50. The van der Waals surface area contributed by atoms with Gasteiger partial charge in [0.25, 0.3) is 0 Å². The third-order valence-corrected chi connectivity index (χ3v) is 3.76. The van der Waals surface area contributed by atoms with Crippen molar-refractivity contribution in [3.05, 3.63) is 23.2 Å². The molecule has 1 N–H and O–H groups in total. The fraction of sp³-hybridized carbons (Fsp3) is 0.533. The molecule has 1 saturated heterocycles. The fourth-order valence-electron chi connectivity index (χ4n) is 2.23. The van der Waals surface area contributed by atoms with Gasteiger partial charge >= 0.3 is 6.03 Å². The summed E-state index contributed by atoms with van der Waals surface area (Å²) in [6.07, 6.45) is 0. The maximum Gasteiger partial charge on any atom is 0.321 e. The van der Waals surface area contributed by atoms with Gasteiger partial charge in [-0.2, -0.15) is 0 Å². The minimum Gasteiger partial charge on any atom is -0.383 e. The van der Waals surface area contributed by atoms with E-state index in [0.717, 1.165) is 18.8 Å². The smallest absolute Gasteiger partial charge is 0.321 e. The number of amides is 2. The molecule has 122 valence electrons. The highest BCUT2D eigenvalue weighted by atomic mass is 35.5. The number of ether oxygens (including phenoxy) is 2. The molecule has 7 heteroatoms. The Balaban J connectivity index is 2.11. The number of benzene rings is 1. The van der Waals surface area contributed by atoms with Gasteiger partial charge in [0.2, 0.25) is 0 Å². The molecule has 1 fully saturated rings. The lowest BCUT2D eigenvalue weighted by atomic mass is 10.2. The minimum absolute atomic E-state index is 0.186. The Morgan fingerprint density at radius 1 is 1.45 bits per heavy atom. The highest BCUT2D eigenvalue weighted by molar-refractivity contribution is 6.31. The topological polar surface area (TPSA) is 54.0 Å². The zero-order valence-electron chi connectivity index (χ0n) is 13.0. The van der Waals surface area contributed by atoms with E-state index < -0.39 is 0 Å². The number of carbonyl (C=O) groups excluding carboxylic acids is 1. The van der Waals surface area contributed by atoms with Crippen LogP contribution in [0.2, 0.25) is 5.02 Å². The predicted octanol–water partition coefficient (Wildman–Crippen LogP) is 2.29. The fourth-order valence-corrected chi connectivity index (χ4v) is 2.40. The molecule has 1 aliphatic rings. The number of rotatable bonds is 5. The van der Waals surface area contributed by atoms with Crippen molar-refractivity contribution in [3.8, 4) is 0 Å². The number of nitrogens with zero attached hydrogens (tertiary/aromatic N) is 2. The van der Waals surface area contributed by atoms with Crippen molar-refractivity contribution in [3.63, 3.8) is 0 Å². The first-order valence-electron chi connectivity index (χ1n) is 7.25. The molecule has 0 saturated carbocycles. The van der Waals surface area contributed by atoms with Gasteiger partial charge in [0.1, 0.15) is 0 Å². The van der Waals surface area contributed by atoms with Crippen molar-refractivity contribution in [1.82, 2.24) is 4.90 Å². The van der Waals surface area contributed by atoms with Crippen molar-refractivity contribution in [2.75, 3.05) is 63.8 Å². The van der Waals surface area contributed by atoms with Crippen molar-refractivity contribution < 1.29 is 14.3 Å². The Bertz CT molecular complexity index is 507. The molecule has 0 unspecified atom stereocenters. The van der Waals surface area contributed by atoms with Crippen LogP contribution in [-0.4, -0.2) is 64.5 Å². The summed E-state index contributed by atoms with van der Waals surface area (Å²) in [6.45, 7) is 3.98. The molecule has 0 bridgehead atoms. The zero-order chi connectivity index (χ0) is 15.9. The molecule has 0 aliphatic carbocycles. The molecule has 0 spiro atoms. The molecule has 2 rings (SSSR count). The average molecular weight is 328 g/mol. The Morgan fingerprint density at radius 2 is 2.18 bits per heavy atom. The number of anilines is 2. The molecule has 1 aliphatic heterocycles. The van der Waals surface area contributed by atoms with Gasteiger partial charge in [-0.3, -0.25) is 0 Å². The Labute approximate surface area is 135 Å². The summed E-state index contributed by atoms with van der Waals surface area (Å²) in [5.41, 5.74) is 1.67. The lowest BCUT2D eigenvalue weighted by Crippen LogP contribution is -2.38. The van der Waals surface area contributed by atoms with Crippen LogP contribution in [0.5, 0.6) is 0 Å². The van der Waals surface area contributed by atoms with E-state index in [-0.39, 0.29) is 6.03 Å². The summed E-state index contributed by atoms with van der Waals surface area (Å²) in [5, 5.41) is 3.51. The van der Waals surface area contributed by atoms with Crippen LogP contribution in [0.1, 0.15) is 0 Å². The average Bonchev–Trinajstić information content (AvgIpc) is 2.53. The second-order valence-electron chi connectivity index (χ2n) is 5.11. The van der Waals surface area contributed by atoms with Gasteiger partial charge in [-0.15, -0.1) is 0 Å². The van der Waals surface area contributed by atoms with Gasteiger partial charge in [0, 0.05) is 38.8 Å². The van der Waals surface area contributed by atoms with Crippen LogP contribution >= 0.6 is 11.6 Å². The van der Waals surface area contributed by atoms with Crippen molar-refractivity contribution >= 4 is 29.0 Å². The molecule has 1 aromatic rings. The van der Waals surface area contributed by atoms with E-state index in [9.17, 15) is 4.79 Å². The zero-order valence-corrected chi connectivity index (χ0v) is 13.7. The van der Waals surface area contributed by atoms with Crippen LogP contribution in [0.15, 0.2) is 18.2 Å². The summed E-state index contributed by atoms with van der Waals surface area (Å²) < 4.78 is 10.4. The second kappa shape index (κ2) is 8.22. The maximum absolute atomic E-state index is 12.2. The first kappa shape index (κ1) is 16.9. The number of morpholine rings is 1. The van der Waals surface area contributed by atoms with Crippen LogP contribution < -0.4 is 10.2 Å². The second-order valence-corrected chi connectivity index (χ2v) is 5.54. The standard InChI is InChI=1S/C15H22ClN3O3/c1-18(5-8-21-2)15(20)17-13-11-12(16)3-4-14(13)19-6-9-22-10-7-19/h3-4,11H,5-10H2,1-2H3,(H,17,20). The lowest BCUT2D eigenvalue weighted by molar-refractivity contribution is 0.123. The predicted molar refractivity (Wildman–Crippen MR) is 88.0 cm³/mol. The van der Waals surface area contributed by atoms with Gasteiger partial charge in [-0.25, -0.2) is 4.79 Å².